The highest BCUT2D eigenvalue weighted by Crippen LogP contribution is 2.31. The minimum atomic E-state index is -1.45. The third-order valence-electron chi connectivity index (χ3n) is 3.40. The number of anilines is 1. The summed E-state index contributed by atoms with van der Waals surface area (Å²) in [5.74, 6) is -2.65. The second-order valence-electron chi connectivity index (χ2n) is 4.99. The van der Waals surface area contributed by atoms with E-state index in [0.717, 1.165) is 11.3 Å². The maximum atomic E-state index is 12.3. The first kappa shape index (κ1) is 14.8. The SMILES string of the molecule is CC1Cc2ccccc2N1C(=O)N[C@H](CC(=O)O)C(=O)O. The van der Waals surface area contributed by atoms with Crippen LogP contribution in [0.15, 0.2) is 24.3 Å². The second-order valence-corrected chi connectivity index (χ2v) is 4.99. The molecule has 1 heterocycles. The minimum Gasteiger partial charge on any atom is -0.481 e. The highest BCUT2D eigenvalue weighted by Gasteiger charge is 2.33. The third-order valence-corrected chi connectivity index (χ3v) is 3.40. The number of benzene rings is 1. The molecule has 112 valence electrons. The number of carboxylic acids is 2. The fourth-order valence-corrected chi connectivity index (χ4v) is 2.47. The average molecular weight is 292 g/mol. The van der Waals surface area contributed by atoms with E-state index in [1.54, 1.807) is 12.1 Å². The Morgan fingerprint density at radius 1 is 1.33 bits per heavy atom. The largest absolute Gasteiger partial charge is 0.481 e. The van der Waals surface area contributed by atoms with Crippen molar-refractivity contribution >= 4 is 23.7 Å². The Morgan fingerprint density at radius 3 is 2.62 bits per heavy atom. The van der Waals surface area contributed by atoms with Crippen LogP contribution in [0.2, 0.25) is 0 Å². The Kier molecular flexibility index (Phi) is 4.11. The quantitative estimate of drug-likeness (QED) is 0.769. The normalized spacial score (nSPS) is 18.0. The van der Waals surface area contributed by atoms with Crippen LogP contribution >= 0.6 is 0 Å². The molecule has 2 atom stereocenters. The van der Waals surface area contributed by atoms with E-state index in [2.05, 4.69) is 5.32 Å². The molecule has 1 aromatic rings. The first-order valence-corrected chi connectivity index (χ1v) is 6.52. The lowest BCUT2D eigenvalue weighted by atomic mass is 10.1. The molecule has 0 bridgehead atoms. The highest BCUT2D eigenvalue weighted by atomic mass is 16.4. The van der Waals surface area contributed by atoms with Gasteiger partial charge in [0, 0.05) is 11.7 Å². The molecule has 1 aliphatic rings. The zero-order valence-electron chi connectivity index (χ0n) is 11.4. The molecule has 1 aromatic carbocycles. The molecule has 0 spiro atoms. The lowest BCUT2D eigenvalue weighted by Gasteiger charge is -2.24. The standard InChI is InChI=1S/C14H16N2O5/c1-8-6-9-4-2-3-5-11(9)16(8)14(21)15-10(13(19)20)7-12(17)18/h2-5,8,10H,6-7H2,1H3,(H,15,21)(H,17,18)(H,19,20)/t8?,10-/m1/s1. The van der Waals surface area contributed by atoms with E-state index >= 15 is 0 Å². The van der Waals surface area contributed by atoms with Gasteiger partial charge in [-0.2, -0.15) is 0 Å². The zero-order chi connectivity index (χ0) is 15.6. The van der Waals surface area contributed by atoms with Crippen molar-refractivity contribution in [1.82, 2.24) is 5.32 Å². The van der Waals surface area contributed by atoms with E-state index in [9.17, 15) is 14.4 Å². The van der Waals surface area contributed by atoms with Gasteiger partial charge in [-0.25, -0.2) is 9.59 Å². The molecule has 0 fully saturated rings. The van der Waals surface area contributed by atoms with Crippen LogP contribution in [0.5, 0.6) is 0 Å². The van der Waals surface area contributed by atoms with Gasteiger partial charge in [-0.1, -0.05) is 18.2 Å². The molecule has 7 heteroatoms. The topological polar surface area (TPSA) is 107 Å². The molecule has 0 saturated heterocycles. The first-order chi connectivity index (χ1) is 9.90. The van der Waals surface area contributed by atoms with E-state index in [1.807, 2.05) is 19.1 Å². The Balaban J connectivity index is 2.16. The lowest BCUT2D eigenvalue weighted by molar-refractivity contribution is -0.145. The third kappa shape index (κ3) is 3.13. The summed E-state index contributed by atoms with van der Waals surface area (Å²) >= 11 is 0. The van der Waals surface area contributed by atoms with E-state index < -0.39 is 30.4 Å². The minimum absolute atomic E-state index is 0.110. The maximum absolute atomic E-state index is 12.3. The molecule has 7 nitrogen and oxygen atoms in total. The van der Waals surface area contributed by atoms with Crippen molar-refractivity contribution in [1.29, 1.82) is 0 Å². The number of rotatable bonds is 4. The molecule has 0 radical (unpaired) electrons. The summed E-state index contributed by atoms with van der Waals surface area (Å²) in [6, 6.07) is 5.20. The smallest absolute Gasteiger partial charge is 0.326 e. The molecule has 0 aromatic heterocycles. The van der Waals surface area contributed by atoms with E-state index in [0.29, 0.717) is 6.42 Å². The van der Waals surface area contributed by atoms with Crippen molar-refractivity contribution in [3.63, 3.8) is 0 Å². The number of nitrogens with one attached hydrogen (secondary N) is 1. The Bertz CT molecular complexity index is 586. The molecular weight excluding hydrogens is 276 g/mol. The molecule has 2 rings (SSSR count). The van der Waals surface area contributed by atoms with Crippen LogP contribution in [-0.2, 0) is 16.0 Å². The molecule has 1 aliphatic heterocycles. The van der Waals surface area contributed by atoms with Crippen molar-refractivity contribution < 1.29 is 24.6 Å². The number of urea groups is 1. The van der Waals surface area contributed by atoms with Gasteiger partial charge in [-0.3, -0.25) is 9.69 Å². The molecule has 0 saturated carbocycles. The monoisotopic (exact) mass is 292 g/mol. The number of amides is 2. The molecule has 21 heavy (non-hydrogen) atoms. The average Bonchev–Trinajstić information content (AvgIpc) is 2.73. The van der Waals surface area contributed by atoms with Gasteiger partial charge in [-0.15, -0.1) is 0 Å². The predicted molar refractivity (Wildman–Crippen MR) is 74.3 cm³/mol. The molecule has 0 aliphatic carbocycles. The van der Waals surface area contributed by atoms with Gasteiger partial charge in [0.05, 0.1) is 6.42 Å². The summed E-state index contributed by atoms with van der Waals surface area (Å²) < 4.78 is 0. The number of fused-ring (bicyclic) bond motifs is 1. The van der Waals surface area contributed by atoms with E-state index in [1.165, 1.54) is 4.90 Å². The number of hydrogen-bond acceptors (Lipinski definition) is 3. The summed E-state index contributed by atoms with van der Waals surface area (Å²) in [7, 11) is 0. The Labute approximate surface area is 121 Å². The second kappa shape index (κ2) is 5.82. The number of para-hydroxylation sites is 1. The number of carbonyl (C=O) groups is 3. The zero-order valence-corrected chi connectivity index (χ0v) is 11.4. The van der Waals surface area contributed by atoms with Crippen molar-refractivity contribution in [2.24, 2.45) is 0 Å². The number of nitrogens with zero attached hydrogens (tertiary/aromatic N) is 1. The molecule has 1 unspecified atom stereocenters. The summed E-state index contributed by atoms with van der Waals surface area (Å²) in [6.45, 7) is 1.85. The lowest BCUT2D eigenvalue weighted by Crippen LogP contribution is -2.50. The van der Waals surface area contributed by atoms with Gasteiger partial charge in [0.25, 0.3) is 0 Å². The van der Waals surface area contributed by atoms with Crippen molar-refractivity contribution in [3.05, 3.63) is 29.8 Å². The van der Waals surface area contributed by atoms with Crippen LogP contribution in [0.4, 0.5) is 10.5 Å². The van der Waals surface area contributed by atoms with Gasteiger partial charge < -0.3 is 15.5 Å². The summed E-state index contributed by atoms with van der Waals surface area (Å²) in [4.78, 5) is 35.4. The van der Waals surface area contributed by atoms with Gasteiger partial charge in [0.15, 0.2) is 0 Å². The van der Waals surface area contributed by atoms with Crippen LogP contribution in [-0.4, -0.2) is 40.3 Å². The van der Waals surface area contributed by atoms with Crippen LogP contribution < -0.4 is 10.2 Å². The molecule has 3 N–H and O–H groups in total. The van der Waals surface area contributed by atoms with Crippen molar-refractivity contribution in [3.8, 4) is 0 Å². The van der Waals surface area contributed by atoms with Gasteiger partial charge >= 0.3 is 18.0 Å². The number of carbonyl (C=O) groups excluding carboxylic acids is 1. The predicted octanol–water partition coefficient (Wildman–Crippen LogP) is 1.08. The number of carboxylic acid groups (broad SMARTS) is 2. The van der Waals surface area contributed by atoms with E-state index in [4.69, 9.17) is 10.2 Å². The van der Waals surface area contributed by atoms with Crippen LogP contribution in [0.25, 0.3) is 0 Å². The van der Waals surface area contributed by atoms with Crippen molar-refractivity contribution in [2.75, 3.05) is 4.90 Å². The van der Waals surface area contributed by atoms with Gasteiger partial charge in [0.1, 0.15) is 6.04 Å². The molecular formula is C14H16N2O5. The summed E-state index contributed by atoms with van der Waals surface area (Å²) in [5, 5.41) is 19.9. The number of hydrogen-bond donors (Lipinski definition) is 3. The van der Waals surface area contributed by atoms with E-state index in [-0.39, 0.29) is 6.04 Å². The first-order valence-electron chi connectivity index (χ1n) is 6.52. The maximum Gasteiger partial charge on any atom is 0.326 e. The summed E-state index contributed by atoms with van der Waals surface area (Å²) in [5.41, 5.74) is 1.73. The van der Waals surface area contributed by atoms with Crippen LogP contribution in [0.3, 0.4) is 0 Å². The van der Waals surface area contributed by atoms with Crippen LogP contribution in [0.1, 0.15) is 18.9 Å². The number of aliphatic carboxylic acids is 2. The van der Waals surface area contributed by atoms with Gasteiger partial charge in [0.2, 0.25) is 0 Å². The van der Waals surface area contributed by atoms with Crippen LogP contribution in [0, 0.1) is 0 Å². The fraction of sp³-hybridized carbons (Fsp3) is 0.357. The van der Waals surface area contributed by atoms with Crippen molar-refractivity contribution in [2.45, 2.75) is 31.8 Å². The fourth-order valence-electron chi connectivity index (χ4n) is 2.47. The molecule has 2 amide bonds. The summed E-state index contributed by atoms with van der Waals surface area (Å²) in [6.07, 6.45) is 0.0191. The highest BCUT2D eigenvalue weighted by molar-refractivity contribution is 5.97. The Hall–Kier alpha value is -2.57. The Morgan fingerprint density at radius 2 is 2.00 bits per heavy atom. The van der Waals surface area contributed by atoms with Gasteiger partial charge in [-0.05, 0) is 25.0 Å².